The molecule has 2 aromatic carbocycles. The fourth-order valence-electron chi connectivity index (χ4n) is 3.37. The van der Waals surface area contributed by atoms with Crippen LogP contribution in [0.5, 0.6) is 5.75 Å². The van der Waals surface area contributed by atoms with Gasteiger partial charge in [0.2, 0.25) is 0 Å². The number of hydrogen-bond acceptors (Lipinski definition) is 4. The van der Waals surface area contributed by atoms with Gasteiger partial charge in [0.05, 0.1) is 31.5 Å². The lowest BCUT2D eigenvalue weighted by Gasteiger charge is -2.38. The molecule has 1 aliphatic heterocycles. The van der Waals surface area contributed by atoms with Crippen LogP contribution in [0.1, 0.15) is 24.1 Å². The second-order valence-corrected chi connectivity index (χ2v) is 6.62. The highest BCUT2D eigenvalue weighted by molar-refractivity contribution is 7.80. The van der Waals surface area contributed by atoms with Gasteiger partial charge in [-0.3, -0.25) is 4.90 Å². The molecular weight excluding hydrogens is 360 g/mol. The summed E-state index contributed by atoms with van der Waals surface area (Å²) in [6, 6.07) is 15.1. The molecule has 0 radical (unpaired) electrons. The first kappa shape index (κ1) is 18.9. The summed E-state index contributed by atoms with van der Waals surface area (Å²) in [6.07, 6.45) is 0. The largest absolute Gasteiger partial charge is 0.495 e. The average molecular weight is 382 g/mol. The quantitative estimate of drug-likeness (QED) is 0.640. The normalized spacial score (nSPS) is 16.8. The molecule has 3 rings (SSSR count). The van der Waals surface area contributed by atoms with E-state index in [0.29, 0.717) is 22.1 Å². The molecule has 0 bridgehead atoms. The summed E-state index contributed by atoms with van der Waals surface area (Å²) >= 11 is 5.66. The second kappa shape index (κ2) is 7.80. The summed E-state index contributed by atoms with van der Waals surface area (Å²) in [6.45, 7) is 3.88. The summed E-state index contributed by atoms with van der Waals surface area (Å²) < 4.78 is 10.6. The highest BCUT2D eigenvalue weighted by Crippen LogP contribution is 2.38. The molecule has 0 fully saturated rings. The number of anilines is 1. The van der Waals surface area contributed by atoms with Crippen LogP contribution in [0.3, 0.4) is 0 Å². The van der Waals surface area contributed by atoms with E-state index in [2.05, 4.69) is 5.32 Å². The van der Waals surface area contributed by atoms with E-state index in [-0.39, 0.29) is 6.04 Å². The number of nitrogens with one attached hydrogen (secondary N) is 1. The van der Waals surface area contributed by atoms with E-state index in [4.69, 9.17) is 21.7 Å². The van der Waals surface area contributed by atoms with Crippen LogP contribution in [-0.2, 0) is 9.53 Å². The zero-order valence-electron chi connectivity index (χ0n) is 15.8. The van der Waals surface area contributed by atoms with Gasteiger partial charge in [0.15, 0.2) is 5.11 Å². The van der Waals surface area contributed by atoms with E-state index in [1.807, 2.05) is 67.3 Å². The number of hydrogen-bond donors (Lipinski definition) is 1. The summed E-state index contributed by atoms with van der Waals surface area (Å²) in [7, 11) is 2.99. The Hall–Kier alpha value is -2.86. The summed E-state index contributed by atoms with van der Waals surface area (Å²) in [5, 5.41) is 3.81. The number of rotatable bonds is 4. The highest BCUT2D eigenvalue weighted by atomic mass is 32.1. The molecule has 2 aromatic rings. The Morgan fingerprint density at radius 1 is 1.07 bits per heavy atom. The molecule has 1 atom stereocenters. The van der Waals surface area contributed by atoms with Gasteiger partial charge in [-0.15, -0.1) is 0 Å². The maximum absolute atomic E-state index is 12.7. The minimum atomic E-state index is -0.393. The molecule has 0 aliphatic carbocycles. The summed E-state index contributed by atoms with van der Waals surface area (Å²) in [4.78, 5) is 14.5. The Morgan fingerprint density at radius 2 is 1.74 bits per heavy atom. The van der Waals surface area contributed by atoms with Crippen molar-refractivity contribution in [3.63, 3.8) is 0 Å². The standard InChI is InChI=1S/C21H22N2O3S/c1-13-9-5-6-10-15(13)19-18(20(24)26-4)14(2)23(21(27)22-19)16-11-7-8-12-17(16)25-3/h5-12,19H,1-4H3,(H,22,27). The minimum Gasteiger partial charge on any atom is -0.495 e. The Morgan fingerprint density at radius 3 is 2.41 bits per heavy atom. The lowest BCUT2D eigenvalue weighted by molar-refractivity contribution is -0.136. The van der Waals surface area contributed by atoms with Gasteiger partial charge >= 0.3 is 5.97 Å². The molecule has 5 nitrogen and oxygen atoms in total. The van der Waals surface area contributed by atoms with Crippen LogP contribution in [0.2, 0.25) is 0 Å². The molecule has 0 saturated heterocycles. The van der Waals surface area contributed by atoms with Crippen molar-refractivity contribution >= 4 is 29.0 Å². The van der Waals surface area contributed by atoms with E-state index in [9.17, 15) is 4.79 Å². The number of carbonyl (C=O) groups is 1. The number of carbonyl (C=O) groups excluding carboxylic acids is 1. The van der Waals surface area contributed by atoms with Crippen molar-refractivity contribution in [2.45, 2.75) is 19.9 Å². The van der Waals surface area contributed by atoms with Crippen molar-refractivity contribution in [1.82, 2.24) is 5.32 Å². The van der Waals surface area contributed by atoms with Gasteiger partial charge in [0.25, 0.3) is 0 Å². The van der Waals surface area contributed by atoms with Crippen LogP contribution in [0, 0.1) is 6.92 Å². The topological polar surface area (TPSA) is 50.8 Å². The molecule has 0 spiro atoms. The predicted octanol–water partition coefficient (Wildman–Crippen LogP) is 3.89. The van der Waals surface area contributed by atoms with Crippen LogP contribution in [0.4, 0.5) is 5.69 Å². The fourth-order valence-corrected chi connectivity index (χ4v) is 3.72. The van der Waals surface area contributed by atoms with E-state index < -0.39 is 5.97 Å². The van der Waals surface area contributed by atoms with Crippen LogP contribution in [0.25, 0.3) is 0 Å². The zero-order chi connectivity index (χ0) is 19.6. The monoisotopic (exact) mass is 382 g/mol. The van der Waals surface area contributed by atoms with E-state index in [0.717, 1.165) is 16.8 Å². The average Bonchev–Trinajstić information content (AvgIpc) is 2.68. The summed E-state index contributed by atoms with van der Waals surface area (Å²) in [5.41, 5.74) is 4.05. The Kier molecular flexibility index (Phi) is 5.46. The third kappa shape index (κ3) is 3.40. The van der Waals surface area contributed by atoms with Gasteiger partial charge in [0.1, 0.15) is 5.75 Å². The molecule has 27 heavy (non-hydrogen) atoms. The smallest absolute Gasteiger partial charge is 0.337 e. The molecule has 0 saturated carbocycles. The van der Waals surface area contributed by atoms with E-state index in [1.165, 1.54) is 7.11 Å². The maximum Gasteiger partial charge on any atom is 0.337 e. The first-order chi connectivity index (χ1) is 13.0. The Labute approximate surface area is 164 Å². The lowest BCUT2D eigenvalue weighted by Crippen LogP contribution is -2.48. The molecule has 1 unspecified atom stereocenters. The number of aryl methyl sites for hydroxylation is 1. The number of ether oxygens (including phenoxy) is 2. The van der Waals surface area contributed by atoms with Crippen molar-refractivity contribution in [2.75, 3.05) is 19.1 Å². The van der Waals surface area contributed by atoms with Crippen molar-refractivity contribution < 1.29 is 14.3 Å². The number of thiocarbonyl (C=S) groups is 1. The first-order valence-corrected chi connectivity index (χ1v) is 8.98. The zero-order valence-corrected chi connectivity index (χ0v) is 16.6. The molecule has 1 N–H and O–H groups in total. The Balaban J connectivity index is 2.20. The van der Waals surface area contributed by atoms with Gasteiger partial charge in [0, 0.05) is 5.70 Å². The third-order valence-electron chi connectivity index (χ3n) is 4.72. The van der Waals surface area contributed by atoms with Crippen molar-refractivity contribution in [3.05, 3.63) is 70.9 Å². The van der Waals surface area contributed by atoms with Crippen molar-refractivity contribution in [1.29, 1.82) is 0 Å². The predicted molar refractivity (Wildman–Crippen MR) is 110 cm³/mol. The van der Waals surface area contributed by atoms with Crippen molar-refractivity contribution in [2.24, 2.45) is 0 Å². The van der Waals surface area contributed by atoms with Crippen LogP contribution < -0.4 is 15.0 Å². The minimum absolute atomic E-state index is 0.378. The third-order valence-corrected chi connectivity index (χ3v) is 5.02. The van der Waals surface area contributed by atoms with Crippen LogP contribution in [-0.4, -0.2) is 25.3 Å². The summed E-state index contributed by atoms with van der Waals surface area (Å²) in [5.74, 6) is 0.273. The van der Waals surface area contributed by atoms with E-state index >= 15 is 0 Å². The highest BCUT2D eigenvalue weighted by Gasteiger charge is 2.36. The van der Waals surface area contributed by atoms with Crippen LogP contribution >= 0.6 is 12.2 Å². The number of nitrogens with zero attached hydrogens (tertiary/aromatic N) is 1. The van der Waals surface area contributed by atoms with Crippen molar-refractivity contribution in [3.8, 4) is 5.75 Å². The fraction of sp³-hybridized carbons (Fsp3) is 0.238. The lowest BCUT2D eigenvalue weighted by atomic mass is 9.92. The van der Waals surface area contributed by atoms with E-state index in [1.54, 1.807) is 7.11 Å². The van der Waals surface area contributed by atoms with Gasteiger partial charge in [-0.1, -0.05) is 36.4 Å². The number of methoxy groups -OCH3 is 2. The molecule has 0 aromatic heterocycles. The molecule has 0 amide bonds. The molecule has 140 valence electrons. The molecule has 1 heterocycles. The van der Waals surface area contributed by atoms with Gasteiger partial charge in [-0.2, -0.15) is 0 Å². The van der Waals surface area contributed by atoms with Gasteiger partial charge < -0.3 is 14.8 Å². The van der Waals surface area contributed by atoms with Crippen LogP contribution in [0.15, 0.2) is 59.8 Å². The molecular formula is C21H22N2O3S. The number of benzene rings is 2. The van der Waals surface area contributed by atoms with Gasteiger partial charge in [-0.05, 0) is 49.3 Å². The first-order valence-electron chi connectivity index (χ1n) is 8.57. The Bertz CT molecular complexity index is 923. The number of para-hydroxylation sites is 2. The molecule has 6 heteroatoms. The number of esters is 1. The molecule has 1 aliphatic rings. The SMILES string of the molecule is COC(=O)C1=C(C)N(c2ccccc2OC)C(=S)NC1c1ccccc1C. The maximum atomic E-state index is 12.7. The van der Waals surface area contributed by atoms with Gasteiger partial charge in [-0.25, -0.2) is 4.79 Å². The second-order valence-electron chi connectivity index (χ2n) is 6.24. The number of allylic oxidation sites excluding steroid dienone is 1.